The Balaban J connectivity index is 1.60. The number of nitrogens with one attached hydrogen (secondary N) is 2. The minimum atomic E-state index is -0.0187. The first-order valence-electron chi connectivity index (χ1n) is 13.1. The molecule has 3 aromatic rings. The van der Waals surface area contributed by atoms with Gasteiger partial charge >= 0.3 is 0 Å². The maximum atomic E-state index is 5.68. The molecule has 0 bridgehead atoms. The quantitative estimate of drug-likeness (QED) is 0.431. The highest BCUT2D eigenvalue weighted by atomic mass is 16.5. The second-order valence-corrected chi connectivity index (χ2v) is 10.2. The van der Waals surface area contributed by atoms with E-state index >= 15 is 0 Å². The Morgan fingerprint density at radius 1 is 1.14 bits per heavy atom. The zero-order valence-corrected chi connectivity index (χ0v) is 21.7. The monoisotopic (exact) mass is 494 g/mol. The molecule has 5 rings (SSSR count). The van der Waals surface area contributed by atoms with Gasteiger partial charge in [0.15, 0.2) is 5.82 Å². The van der Waals surface area contributed by atoms with Crippen molar-refractivity contribution in [3.05, 3.63) is 24.3 Å². The van der Waals surface area contributed by atoms with Gasteiger partial charge < -0.3 is 20.3 Å². The Morgan fingerprint density at radius 2 is 2.00 bits per heavy atom. The number of ether oxygens (including phenoxy) is 1. The van der Waals surface area contributed by atoms with Gasteiger partial charge in [0.1, 0.15) is 28.9 Å². The van der Waals surface area contributed by atoms with E-state index in [2.05, 4.69) is 44.2 Å². The zero-order valence-electron chi connectivity index (χ0n) is 21.7. The van der Waals surface area contributed by atoms with Crippen molar-refractivity contribution >= 4 is 28.6 Å². The molecule has 0 saturated carbocycles. The molecule has 194 valence electrons. The van der Waals surface area contributed by atoms with E-state index < -0.39 is 0 Å². The molecule has 11 heteroatoms. The summed E-state index contributed by atoms with van der Waals surface area (Å²) in [4.78, 5) is 23.4. The molecule has 3 aromatic heterocycles. The summed E-state index contributed by atoms with van der Waals surface area (Å²) >= 11 is 0. The highest BCUT2D eigenvalue weighted by molar-refractivity contribution is 5.90. The van der Waals surface area contributed by atoms with E-state index in [4.69, 9.17) is 19.8 Å². The zero-order chi connectivity index (χ0) is 25.0. The van der Waals surface area contributed by atoms with E-state index in [1.165, 1.54) is 25.6 Å². The van der Waals surface area contributed by atoms with Gasteiger partial charge in [0.05, 0.1) is 13.2 Å². The van der Waals surface area contributed by atoms with Crippen molar-refractivity contribution < 1.29 is 4.74 Å². The van der Waals surface area contributed by atoms with E-state index in [1.54, 1.807) is 6.20 Å². The average Bonchev–Trinajstić information content (AvgIpc) is 3.22. The first kappa shape index (κ1) is 24.8. The fraction of sp³-hybridized carbons (Fsp3) is 0.640. The van der Waals surface area contributed by atoms with E-state index in [0.29, 0.717) is 31.4 Å². The molecule has 2 N–H and O–H groups in total. The second kappa shape index (κ2) is 11.0. The largest absolute Gasteiger partial charge is 0.380 e. The summed E-state index contributed by atoms with van der Waals surface area (Å²) in [5.41, 5.74) is 2.76. The van der Waals surface area contributed by atoms with Crippen LogP contribution in [0.15, 0.2) is 18.6 Å². The number of piperidine rings is 1. The number of rotatable bonds is 9. The SMILES string of the molecule is CCOCCn1nc(CN2CCCCC2)c2nc(N3CCNC(C)(C)C3)nc(Nc3ccncn3)c21. The average molecular weight is 495 g/mol. The minimum Gasteiger partial charge on any atom is -0.380 e. The van der Waals surface area contributed by atoms with Gasteiger partial charge in [-0.25, -0.2) is 15.0 Å². The molecule has 0 spiro atoms. The van der Waals surface area contributed by atoms with Crippen LogP contribution in [-0.2, 0) is 17.8 Å². The first-order chi connectivity index (χ1) is 17.5. The number of likely N-dealkylation sites (tertiary alicyclic amines) is 1. The molecule has 2 aliphatic rings. The van der Waals surface area contributed by atoms with Crippen LogP contribution in [0.3, 0.4) is 0 Å². The number of nitrogens with zero attached hydrogens (tertiary/aromatic N) is 8. The predicted molar refractivity (Wildman–Crippen MR) is 141 cm³/mol. The normalized spacial score (nSPS) is 18.6. The molecule has 0 aliphatic carbocycles. The first-order valence-corrected chi connectivity index (χ1v) is 13.1. The summed E-state index contributed by atoms with van der Waals surface area (Å²) in [7, 11) is 0. The standard InChI is InChI=1S/C25H38N10O/c1-4-36-15-14-35-22-21(19(32-35)16-33-11-6-5-7-12-33)30-24(34-13-10-28-25(2,3)17-34)31-23(22)29-20-8-9-26-18-27-20/h8-9,18,28H,4-7,10-17H2,1-3H3,(H,26,27,29,30,31). The summed E-state index contributed by atoms with van der Waals surface area (Å²) < 4.78 is 7.68. The molecule has 2 saturated heterocycles. The molecule has 2 fully saturated rings. The summed E-state index contributed by atoms with van der Waals surface area (Å²) in [6.45, 7) is 13.9. The van der Waals surface area contributed by atoms with Gasteiger partial charge in [-0.2, -0.15) is 10.1 Å². The van der Waals surface area contributed by atoms with Gasteiger partial charge in [-0.15, -0.1) is 0 Å². The number of hydrogen-bond acceptors (Lipinski definition) is 10. The van der Waals surface area contributed by atoms with Crippen molar-refractivity contribution in [3.63, 3.8) is 0 Å². The van der Waals surface area contributed by atoms with E-state index in [-0.39, 0.29) is 5.54 Å². The van der Waals surface area contributed by atoms with Crippen LogP contribution in [0.4, 0.5) is 17.6 Å². The fourth-order valence-corrected chi connectivity index (χ4v) is 5.05. The molecule has 5 heterocycles. The lowest BCUT2D eigenvalue weighted by atomic mass is 10.0. The maximum Gasteiger partial charge on any atom is 0.228 e. The Morgan fingerprint density at radius 3 is 2.75 bits per heavy atom. The molecule has 0 amide bonds. The number of fused-ring (bicyclic) bond motifs is 1. The number of hydrogen-bond donors (Lipinski definition) is 2. The molecular weight excluding hydrogens is 456 g/mol. The highest BCUT2D eigenvalue weighted by Crippen LogP contribution is 2.30. The lowest BCUT2D eigenvalue weighted by Gasteiger charge is -2.39. The molecule has 36 heavy (non-hydrogen) atoms. The van der Waals surface area contributed by atoms with Gasteiger partial charge in [0, 0.05) is 44.5 Å². The molecule has 2 aliphatic heterocycles. The fourth-order valence-electron chi connectivity index (χ4n) is 5.05. The predicted octanol–water partition coefficient (Wildman–Crippen LogP) is 2.57. The molecule has 0 aromatic carbocycles. The van der Waals surface area contributed by atoms with Crippen LogP contribution in [0.5, 0.6) is 0 Å². The van der Waals surface area contributed by atoms with Gasteiger partial charge in [-0.1, -0.05) is 6.42 Å². The van der Waals surface area contributed by atoms with Crippen molar-refractivity contribution in [1.82, 2.24) is 39.9 Å². The molecule has 0 radical (unpaired) electrons. The maximum absolute atomic E-state index is 5.68. The van der Waals surface area contributed by atoms with Gasteiger partial charge in [0.25, 0.3) is 0 Å². The number of piperazine rings is 1. The van der Waals surface area contributed by atoms with E-state index in [9.17, 15) is 0 Å². The summed E-state index contributed by atoms with van der Waals surface area (Å²) in [5, 5.41) is 12.1. The van der Waals surface area contributed by atoms with Crippen LogP contribution < -0.4 is 15.5 Å². The van der Waals surface area contributed by atoms with Crippen LogP contribution in [-0.4, -0.2) is 86.1 Å². The smallest absolute Gasteiger partial charge is 0.228 e. The lowest BCUT2D eigenvalue weighted by molar-refractivity contribution is 0.137. The molecule has 11 nitrogen and oxygen atoms in total. The van der Waals surface area contributed by atoms with Crippen LogP contribution in [0.1, 0.15) is 45.7 Å². The van der Waals surface area contributed by atoms with Gasteiger partial charge in [-0.3, -0.25) is 9.58 Å². The molecule has 0 unspecified atom stereocenters. The van der Waals surface area contributed by atoms with Crippen molar-refractivity contribution in [2.45, 2.75) is 58.7 Å². The van der Waals surface area contributed by atoms with Crippen LogP contribution in [0, 0.1) is 0 Å². The third kappa shape index (κ3) is 5.74. The van der Waals surface area contributed by atoms with Crippen molar-refractivity contribution in [3.8, 4) is 0 Å². The number of anilines is 3. The number of aromatic nitrogens is 6. The van der Waals surface area contributed by atoms with Crippen molar-refractivity contribution in [2.24, 2.45) is 0 Å². The van der Waals surface area contributed by atoms with Crippen LogP contribution in [0.2, 0.25) is 0 Å². The van der Waals surface area contributed by atoms with Crippen LogP contribution in [0.25, 0.3) is 11.0 Å². The molecule has 0 atom stereocenters. The van der Waals surface area contributed by atoms with Crippen molar-refractivity contribution in [1.29, 1.82) is 0 Å². The summed E-state index contributed by atoms with van der Waals surface area (Å²) in [5.74, 6) is 2.11. The molecular formula is C25H38N10O. The Kier molecular flexibility index (Phi) is 7.59. The lowest BCUT2D eigenvalue weighted by Crippen LogP contribution is -2.57. The second-order valence-electron chi connectivity index (χ2n) is 10.2. The highest BCUT2D eigenvalue weighted by Gasteiger charge is 2.29. The Bertz CT molecular complexity index is 1140. The van der Waals surface area contributed by atoms with Gasteiger partial charge in [-0.05, 0) is 52.8 Å². The van der Waals surface area contributed by atoms with E-state index in [0.717, 1.165) is 61.9 Å². The Labute approximate surface area is 212 Å². The van der Waals surface area contributed by atoms with E-state index in [1.807, 2.05) is 17.7 Å². The minimum absolute atomic E-state index is 0.0187. The van der Waals surface area contributed by atoms with Gasteiger partial charge in [0.2, 0.25) is 5.95 Å². The van der Waals surface area contributed by atoms with Crippen LogP contribution >= 0.6 is 0 Å². The topological polar surface area (TPSA) is 109 Å². The third-order valence-corrected chi connectivity index (χ3v) is 6.80. The summed E-state index contributed by atoms with van der Waals surface area (Å²) in [6, 6.07) is 1.84. The van der Waals surface area contributed by atoms with Crippen molar-refractivity contribution in [2.75, 3.05) is 56.2 Å². The summed E-state index contributed by atoms with van der Waals surface area (Å²) in [6.07, 6.45) is 7.04. The third-order valence-electron chi connectivity index (χ3n) is 6.80. The Hall–Kier alpha value is -2.89.